The first-order valence-electron chi connectivity index (χ1n) is 11.4. The number of carbonyl (C=O) groups is 1. The number of nitrogens with two attached hydrogens (primary N) is 1. The van der Waals surface area contributed by atoms with Gasteiger partial charge in [-0.2, -0.15) is 5.26 Å². The van der Waals surface area contributed by atoms with E-state index in [0.29, 0.717) is 29.2 Å². The van der Waals surface area contributed by atoms with Crippen molar-refractivity contribution in [3.63, 3.8) is 0 Å². The zero-order valence-electron chi connectivity index (χ0n) is 19.9. The van der Waals surface area contributed by atoms with Crippen LogP contribution in [0.5, 0.6) is 11.5 Å². The molecule has 4 aromatic rings. The number of pyridine rings is 1. The predicted octanol–water partition coefficient (Wildman–Crippen LogP) is 4.77. The van der Waals surface area contributed by atoms with Crippen molar-refractivity contribution in [2.75, 3.05) is 12.0 Å². The highest BCUT2D eigenvalue weighted by Gasteiger charge is 2.28. The predicted molar refractivity (Wildman–Crippen MR) is 137 cm³/mol. The molecule has 1 aromatic heterocycles. The molecule has 0 saturated heterocycles. The van der Waals surface area contributed by atoms with Crippen molar-refractivity contribution >= 4 is 11.6 Å². The molecule has 2 N–H and O–H groups in total. The Morgan fingerprint density at radius 3 is 2.39 bits per heavy atom. The van der Waals surface area contributed by atoms with E-state index in [1.54, 1.807) is 37.6 Å². The number of nitriles is 1. The molecule has 0 spiro atoms. The van der Waals surface area contributed by atoms with Gasteiger partial charge in [-0.3, -0.25) is 9.78 Å². The van der Waals surface area contributed by atoms with Crippen molar-refractivity contribution in [2.45, 2.75) is 19.2 Å². The molecule has 1 amide bonds. The fourth-order valence-corrected chi connectivity index (χ4v) is 3.95. The lowest BCUT2D eigenvalue weighted by atomic mass is 10.0. The Morgan fingerprint density at radius 1 is 1.00 bits per heavy atom. The summed E-state index contributed by atoms with van der Waals surface area (Å²) in [7, 11) is 1.55. The van der Waals surface area contributed by atoms with E-state index < -0.39 is 11.9 Å². The zero-order chi connectivity index (χ0) is 25.3. The van der Waals surface area contributed by atoms with E-state index >= 15 is 0 Å². The number of anilines is 1. The highest BCUT2D eigenvalue weighted by Crippen LogP contribution is 2.35. The number of amides is 1. The van der Waals surface area contributed by atoms with Crippen LogP contribution in [0, 0.1) is 11.3 Å². The molecule has 4 rings (SSSR count). The van der Waals surface area contributed by atoms with Gasteiger partial charge in [0.05, 0.1) is 24.4 Å². The smallest absolute Gasteiger partial charge is 0.244 e. The lowest BCUT2D eigenvalue weighted by molar-refractivity contribution is -0.119. The summed E-state index contributed by atoms with van der Waals surface area (Å²) in [5.74, 6) is 0.497. The number of nitrogens with zero attached hydrogens (tertiary/aromatic N) is 3. The van der Waals surface area contributed by atoms with Gasteiger partial charge in [-0.25, -0.2) is 0 Å². The van der Waals surface area contributed by atoms with Gasteiger partial charge in [-0.1, -0.05) is 42.5 Å². The van der Waals surface area contributed by atoms with Gasteiger partial charge in [-0.15, -0.1) is 0 Å². The van der Waals surface area contributed by atoms with E-state index in [1.807, 2.05) is 71.6 Å². The third-order valence-electron chi connectivity index (χ3n) is 5.71. The van der Waals surface area contributed by atoms with Crippen molar-refractivity contribution in [1.29, 1.82) is 5.26 Å². The first-order chi connectivity index (χ1) is 17.6. The molecule has 180 valence electrons. The van der Waals surface area contributed by atoms with Crippen LogP contribution in [0.15, 0.2) is 97.2 Å². The van der Waals surface area contributed by atoms with Gasteiger partial charge in [-0.05, 0) is 59.7 Å². The molecule has 1 heterocycles. The third-order valence-corrected chi connectivity index (χ3v) is 5.71. The van der Waals surface area contributed by atoms with Crippen LogP contribution < -0.4 is 20.1 Å². The highest BCUT2D eigenvalue weighted by atomic mass is 16.5. The summed E-state index contributed by atoms with van der Waals surface area (Å²) in [6, 6.07) is 29.2. The topological polar surface area (TPSA) is 101 Å². The molecule has 1 atom stereocenters. The molecular formula is C29H26N4O3. The number of aromatic nitrogens is 1. The van der Waals surface area contributed by atoms with Crippen LogP contribution in [0.1, 0.15) is 28.4 Å². The number of carbonyl (C=O) groups excluding carboxylic acids is 1. The van der Waals surface area contributed by atoms with E-state index in [-0.39, 0.29) is 6.61 Å². The zero-order valence-corrected chi connectivity index (χ0v) is 19.9. The summed E-state index contributed by atoms with van der Waals surface area (Å²) in [6.07, 6.45) is 1.71. The maximum atomic E-state index is 12.9. The number of hydrogen-bond donors (Lipinski definition) is 1. The van der Waals surface area contributed by atoms with Crippen LogP contribution in [0.2, 0.25) is 0 Å². The summed E-state index contributed by atoms with van der Waals surface area (Å²) in [6.45, 7) is 0.710. The van der Waals surface area contributed by atoms with Crippen molar-refractivity contribution in [2.24, 2.45) is 5.73 Å². The Balaban J connectivity index is 1.69. The van der Waals surface area contributed by atoms with Crippen molar-refractivity contribution < 1.29 is 14.3 Å². The Labute approximate surface area is 210 Å². The van der Waals surface area contributed by atoms with E-state index in [1.165, 1.54) is 0 Å². The van der Waals surface area contributed by atoms with E-state index in [0.717, 1.165) is 16.9 Å². The molecule has 0 aliphatic heterocycles. The van der Waals surface area contributed by atoms with Crippen molar-refractivity contribution in [3.8, 4) is 17.6 Å². The first-order valence-corrected chi connectivity index (χ1v) is 11.4. The molecule has 0 aliphatic rings. The van der Waals surface area contributed by atoms with Crippen molar-refractivity contribution in [3.05, 3.63) is 120 Å². The molecule has 7 heteroatoms. The summed E-state index contributed by atoms with van der Waals surface area (Å²) in [4.78, 5) is 19.1. The second-order valence-electron chi connectivity index (χ2n) is 8.10. The number of ether oxygens (including phenoxy) is 2. The van der Waals surface area contributed by atoms with Gasteiger partial charge in [0.1, 0.15) is 12.6 Å². The minimum atomic E-state index is -0.795. The van der Waals surface area contributed by atoms with E-state index in [2.05, 4.69) is 11.1 Å². The van der Waals surface area contributed by atoms with E-state index in [9.17, 15) is 10.1 Å². The normalized spacial score (nSPS) is 11.2. The second-order valence-corrected chi connectivity index (χ2v) is 8.10. The number of rotatable bonds is 10. The van der Waals surface area contributed by atoms with Gasteiger partial charge in [0, 0.05) is 18.4 Å². The molecule has 0 bridgehead atoms. The molecule has 0 saturated carbocycles. The average molecular weight is 479 g/mol. The van der Waals surface area contributed by atoms with Crippen LogP contribution >= 0.6 is 0 Å². The molecule has 1 unspecified atom stereocenters. The monoisotopic (exact) mass is 478 g/mol. The maximum absolute atomic E-state index is 12.9. The largest absolute Gasteiger partial charge is 0.493 e. The number of primary amides is 1. The summed E-state index contributed by atoms with van der Waals surface area (Å²) < 4.78 is 11.5. The third kappa shape index (κ3) is 5.80. The Bertz CT molecular complexity index is 1340. The number of methoxy groups -OCH3 is 1. The standard InChI is InChI=1S/C29H26N4O3/c1-35-27-17-23(12-15-26(27)36-20-24-9-5-6-16-32-24)28(29(31)34)33(19-22-7-3-2-4-8-22)25-13-10-21(18-30)11-14-25/h2-17,28H,19-20H2,1H3,(H2,31,34). The van der Waals surface area contributed by atoms with Crippen LogP contribution in [-0.2, 0) is 17.9 Å². The maximum Gasteiger partial charge on any atom is 0.244 e. The second kappa shape index (κ2) is 11.5. The van der Waals surface area contributed by atoms with Crippen LogP contribution in [0.4, 0.5) is 5.69 Å². The molecule has 0 aliphatic carbocycles. The van der Waals surface area contributed by atoms with E-state index in [4.69, 9.17) is 15.2 Å². The summed E-state index contributed by atoms with van der Waals surface area (Å²) in [5.41, 5.74) is 9.71. The molecule has 3 aromatic carbocycles. The van der Waals surface area contributed by atoms with Crippen LogP contribution in [0.3, 0.4) is 0 Å². The Hall–Kier alpha value is -4.83. The van der Waals surface area contributed by atoms with Crippen LogP contribution in [0.25, 0.3) is 0 Å². The summed E-state index contributed by atoms with van der Waals surface area (Å²) >= 11 is 0. The van der Waals surface area contributed by atoms with Gasteiger partial charge in [0.2, 0.25) is 5.91 Å². The number of hydrogen-bond acceptors (Lipinski definition) is 6. The van der Waals surface area contributed by atoms with Gasteiger partial charge in [0.25, 0.3) is 0 Å². The summed E-state index contributed by atoms with van der Waals surface area (Å²) in [5, 5.41) is 9.21. The Morgan fingerprint density at radius 2 is 1.75 bits per heavy atom. The van der Waals surface area contributed by atoms with Gasteiger partial charge < -0.3 is 20.1 Å². The fraction of sp³-hybridized carbons (Fsp3) is 0.138. The number of benzene rings is 3. The SMILES string of the molecule is COc1cc(C(C(N)=O)N(Cc2ccccc2)c2ccc(C#N)cc2)ccc1OCc1ccccn1. The molecule has 36 heavy (non-hydrogen) atoms. The van der Waals surface area contributed by atoms with Crippen LogP contribution in [-0.4, -0.2) is 18.0 Å². The van der Waals surface area contributed by atoms with Gasteiger partial charge >= 0.3 is 0 Å². The first kappa shape index (κ1) is 24.3. The molecule has 7 nitrogen and oxygen atoms in total. The Kier molecular flexibility index (Phi) is 7.79. The van der Waals surface area contributed by atoms with Gasteiger partial charge in [0.15, 0.2) is 11.5 Å². The molecule has 0 radical (unpaired) electrons. The lowest BCUT2D eigenvalue weighted by Crippen LogP contribution is -2.37. The van der Waals surface area contributed by atoms with Crippen molar-refractivity contribution in [1.82, 2.24) is 4.98 Å². The quantitative estimate of drug-likeness (QED) is 0.352. The minimum absolute atomic E-state index is 0.279. The molecular weight excluding hydrogens is 452 g/mol. The average Bonchev–Trinajstić information content (AvgIpc) is 2.93. The molecule has 0 fully saturated rings. The lowest BCUT2D eigenvalue weighted by Gasteiger charge is -2.32. The minimum Gasteiger partial charge on any atom is -0.493 e. The highest BCUT2D eigenvalue weighted by molar-refractivity contribution is 5.85. The fourth-order valence-electron chi connectivity index (χ4n) is 3.95.